The van der Waals surface area contributed by atoms with Crippen LogP contribution >= 0.6 is 0 Å². The average Bonchev–Trinajstić information content (AvgIpc) is 2.50. The van der Waals surface area contributed by atoms with Crippen LogP contribution in [0.3, 0.4) is 0 Å². The fourth-order valence-corrected chi connectivity index (χ4v) is 3.93. The summed E-state index contributed by atoms with van der Waals surface area (Å²) in [6.07, 6.45) is 1.80. The Labute approximate surface area is 129 Å². The van der Waals surface area contributed by atoms with Gasteiger partial charge in [-0.1, -0.05) is 0 Å². The van der Waals surface area contributed by atoms with E-state index in [4.69, 9.17) is 10.5 Å². The first-order chi connectivity index (χ1) is 10.4. The molecule has 1 saturated heterocycles. The topological polar surface area (TPSA) is 72.6 Å². The fourth-order valence-electron chi connectivity index (χ4n) is 2.39. The Bertz CT molecular complexity index is 602. The molecule has 0 spiro atoms. The molecule has 1 aliphatic rings. The van der Waals surface area contributed by atoms with Crippen LogP contribution < -0.4 is 5.73 Å². The van der Waals surface area contributed by atoms with Gasteiger partial charge < -0.3 is 10.5 Å². The summed E-state index contributed by atoms with van der Waals surface area (Å²) < 4.78 is 58.4. The van der Waals surface area contributed by atoms with Gasteiger partial charge in [0, 0.05) is 19.7 Å². The van der Waals surface area contributed by atoms with Crippen molar-refractivity contribution in [3.05, 3.63) is 29.8 Å². The van der Waals surface area contributed by atoms with Gasteiger partial charge in [0.1, 0.15) is 16.5 Å². The number of benzene rings is 1. The van der Waals surface area contributed by atoms with Gasteiger partial charge in [-0.05, 0) is 44.0 Å². The minimum Gasteiger partial charge on any atom is -0.378 e. The normalized spacial score (nSPS) is 17.8. The maximum absolute atomic E-state index is 13.7. The number of nitrogens with two attached hydrogens (primary N) is 1. The van der Waals surface area contributed by atoms with Crippen molar-refractivity contribution in [2.45, 2.75) is 30.3 Å². The summed E-state index contributed by atoms with van der Waals surface area (Å²) in [5.74, 6) is -1.72. The maximum atomic E-state index is 13.7. The molecule has 5 nitrogen and oxygen atoms in total. The van der Waals surface area contributed by atoms with Gasteiger partial charge >= 0.3 is 0 Å². The summed E-state index contributed by atoms with van der Waals surface area (Å²) in [4.78, 5) is -0.616. The van der Waals surface area contributed by atoms with Crippen molar-refractivity contribution in [1.82, 2.24) is 4.31 Å². The highest BCUT2D eigenvalue weighted by Gasteiger charge is 2.31. The van der Waals surface area contributed by atoms with Crippen LogP contribution in [0.5, 0.6) is 0 Å². The second kappa shape index (κ2) is 7.45. The summed E-state index contributed by atoms with van der Waals surface area (Å²) in [5.41, 5.74) is 5.38. The Kier molecular flexibility index (Phi) is 5.85. The summed E-state index contributed by atoms with van der Waals surface area (Å²) >= 11 is 0. The second-order valence-corrected chi connectivity index (χ2v) is 7.10. The number of piperidine rings is 1. The van der Waals surface area contributed by atoms with Gasteiger partial charge in [0.25, 0.3) is 0 Å². The van der Waals surface area contributed by atoms with Crippen molar-refractivity contribution in [3.63, 3.8) is 0 Å². The molecule has 1 aromatic carbocycles. The zero-order valence-corrected chi connectivity index (χ0v) is 13.0. The smallest absolute Gasteiger partial charge is 0.246 e. The highest BCUT2D eigenvalue weighted by Crippen LogP contribution is 2.24. The van der Waals surface area contributed by atoms with E-state index in [9.17, 15) is 17.2 Å². The minimum atomic E-state index is -4.02. The first kappa shape index (κ1) is 17.3. The maximum Gasteiger partial charge on any atom is 0.246 e. The third kappa shape index (κ3) is 4.01. The van der Waals surface area contributed by atoms with Crippen LogP contribution in [0.25, 0.3) is 0 Å². The number of halogens is 2. The largest absolute Gasteiger partial charge is 0.378 e. The molecule has 0 saturated carbocycles. The molecule has 1 heterocycles. The molecule has 8 heteroatoms. The Balaban J connectivity index is 2.02. The van der Waals surface area contributed by atoms with Crippen molar-refractivity contribution >= 4 is 10.0 Å². The van der Waals surface area contributed by atoms with Gasteiger partial charge in [-0.3, -0.25) is 0 Å². The van der Waals surface area contributed by atoms with E-state index in [1.54, 1.807) is 0 Å². The highest BCUT2D eigenvalue weighted by atomic mass is 32.2. The van der Waals surface area contributed by atoms with Crippen LogP contribution in [0.15, 0.2) is 23.1 Å². The van der Waals surface area contributed by atoms with Crippen LogP contribution in [-0.2, 0) is 14.8 Å². The Morgan fingerprint density at radius 3 is 2.59 bits per heavy atom. The van der Waals surface area contributed by atoms with Crippen molar-refractivity contribution in [2.75, 3.05) is 26.2 Å². The summed E-state index contributed by atoms with van der Waals surface area (Å²) in [7, 11) is -4.02. The van der Waals surface area contributed by atoms with E-state index in [2.05, 4.69) is 0 Å². The molecular formula is C14H20F2N2O3S. The number of hydrogen-bond donors (Lipinski definition) is 1. The number of sulfonamides is 1. The lowest BCUT2D eigenvalue weighted by atomic mass is 10.1. The Hall–Kier alpha value is -1.09. The SMILES string of the molecule is NCCCOC1CCN(S(=O)(=O)c2cc(F)ccc2F)CC1. The monoisotopic (exact) mass is 334 g/mol. The fraction of sp³-hybridized carbons (Fsp3) is 0.571. The molecule has 0 aromatic heterocycles. The summed E-state index contributed by atoms with van der Waals surface area (Å²) in [6.45, 7) is 1.55. The van der Waals surface area contributed by atoms with Crippen LogP contribution in [0.1, 0.15) is 19.3 Å². The molecule has 0 radical (unpaired) electrons. The van der Waals surface area contributed by atoms with Crippen molar-refractivity contribution in [3.8, 4) is 0 Å². The first-order valence-electron chi connectivity index (χ1n) is 7.22. The van der Waals surface area contributed by atoms with E-state index in [1.807, 2.05) is 0 Å². The van der Waals surface area contributed by atoms with Crippen molar-refractivity contribution < 1.29 is 21.9 Å². The van der Waals surface area contributed by atoms with E-state index in [-0.39, 0.29) is 19.2 Å². The minimum absolute atomic E-state index is 0.0182. The van der Waals surface area contributed by atoms with E-state index in [0.29, 0.717) is 32.1 Å². The van der Waals surface area contributed by atoms with E-state index < -0.39 is 26.6 Å². The molecule has 1 aliphatic heterocycles. The molecule has 0 atom stereocenters. The lowest BCUT2D eigenvalue weighted by Gasteiger charge is -2.31. The molecule has 124 valence electrons. The van der Waals surface area contributed by atoms with E-state index >= 15 is 0 Å². The molecule has 0 aliphatic carbocycles. The van der Waals surface area contributed by atoms with Crippen LogP contribution in [-0.4, -0.2) is 45.1 Å². The predicted octanol–water partition coefficient (Wildman–Crippen LogP) is 1.48. The molecule has 1 aromatic rings. The van der Waals surface area contributed by atoms with Crippen LogP contribution in [0.2, 0.25) is 0 Å². The Morgan fingerprint density at radius 2 is 1.95 bits per heavy atom. The lowest BCUT2D eigenvalue weighted by Crippen LogP contribution is -2.41. The summed E-state index contributed by atoms with van der Waals surface area (Å²) in [5, 5.41) is 0. The average molecular weight is 334 g/mol. The lowest BCUT2D eigenvalue weighted by molar-refractivity contribution is 0.0208. The molecular weight excluding hydrogens is 314 g/mol. The van der Waals surface area contributed by atoms with Crippen LogP contribution in [0.4, 0.5) is 8.78 Å². The molecule has 0 bridgehead atoms. The van der Waals surface area contributed by atoms with Crippen LogP contribution in [0, 0.1) is 11.6 Å². The molecule has 2 N–H and O–H groups in total. The van der Waals surface area contributed by atoms with Gasteiger partial charge in [-0.25, -0.2) is 17.2 Å². The van der Waals surface area contributed by atoms with E-state index in [1.165, 1.54) is 4.31 Å². The first-order valence-corrected chi connectivity index (χ1v) is 8.66. The number of rotatable bonds is 6. The van der Waals surface area contributed by atoms with Gasteiger partial charge in [-0.2, -0.15) is 4.31 Å². The van der Waals surface area contributed by atoms with Gasteiger partial charge in [0.2, 0.25) is 10.0 Å². The number of nitrogens with zero attached hydrogens (tertiary/aromatic N) is 1. The molecule has 22 heavy (non-hydrogen) atoms. The standard InChI is InChI=1S/C14H20F2N2O3S/c15-11-2-3-13(16)14(10-11)22(19,20)18-7-4-12(5-8-18)21-9-1-6-17/h2-3,10,12H,1,4-9,17H2. The van der Waals surface area contributed by atoms with Gasteiger partial charge in [-0.15, -0.1) is 0 Å². The summed E-state index contributed by atoms with van der Waals surface area (Å²) in [6, 6.07) is 2.44. The molecule has 1 fully saturated rings. The van der Waals surface area contributed by atoms with Gasteiger partial charge in [0.05, 0.1) is 6.10 Å². The second-order valence-electron chi connectivity index (χ2n) is 5.19. The number of ether oxygens (including phenoxy) is 1. The van der Waals surface area contributed by atoms with E-state index in [0.717, 1.165) is 18.6 Å². The predicted molar refractivity (Wildman–Crippen MR) is 77.8 cm³/mol. The van der Waals surface area contributed by atoms with Crippen molar-refractivity contribution in [1.29, 1.82) is 0 Å². The quantitative estimate of drug-likeness (QED) is 0.800. The number of hydrogen-bond acceptors (Lipinski definition) is 4. The molecule has 0 amide bonds. The third-order valence-electron chi connectivity index (χ3n) is 3.61. The van der Waals surface area contributed by atoms with Gasteiger partial charge in [0.15, 0.2) is 0 Å². The molecule has 0 unspecified atom stereocenters. The highest BCUT2D eigenvalue weighted by molar-refractivity contribution is 7.89. The third-order valence-corrected chi connectivity index (χ3v) is 5.53. The Morgan fingerprint density at radius 1 is 1.27 bits per heavy atom. The zero-order valence-electron chi connectivity index (χ0n) is 12.2. The molecule has 2 rings (SSSR count). The van der Waals surface area contributed by atoms with Crippen molar-refractivity contribution in [2.24, 2.45) is 5.73 Å². The zero-order chi connectivity index (χ0) is 16.2.